The van der Waals surface area contributed by atoms with Crippen LogP contribution in [0.5, 0.6) is 5.75 Å². The van der Waals surface area contributed by atoms with Gasteiger partial charge in [0.15, 0.2) is 5.78 Å². The highest BCUT2D eigenvalue weighted by molar-refractivity contribution is 6.43. The van der Waals surface area contributed by atoms with Gasteiger partial charge in [-0.1, -0.05) is 25.1 Å². The summed E-state index contributed by atoms with van der Waals surface area (Å²) >= 11 is 0. The topological polar surface area (TPSA) is 65.0 Å². The average molecular weight is 369 g/mol. The first kappa shape index (κ1) is 18.2. The van der Waals surface area contributed by atoms with Gasteiger partial charge in [-0.05, 0) is 66.7 Å². The van der Waals surface area contributed by atoms with Crippen molar-refractivity contribution in [3.8, 4) is 5.75 Å². The fourth-order valence-electron chi connectivity index (χ4n) is 5.54. The molecule has 3 aliphatic rings. The van der Waals surface area contributed by atoms with Crippen LogP contribution in [0.25, 0.3) is 0 Å². The summed E-state index contributed by atoms with van der Waals surface area (Å²) in [6.07, 6.45) is 4.87. The van der Waals surface area contributed by atoms with Crippen LogP contribution in [0.15, 0.2) is 23.4 Å². The highest BCUT2D eigenvalue weighted by atomic mass is 16.7. The molecule has 5 heteroatoms. The molecule has 3 aliphatic carbocycles. The number of oxime groups is 1. The molecule has 0 spiro atoms. The molecule has 0 saturated heterocycles. The van der Waals surface area contributed by atoms with Crippen LogP contribution < -0.4 is 4.74 Å². The molecule has 0 radical (unpaired) electrons. The zero-order valence-corrected chi connectivity index (χ0v) is 16.3. The molecule has 0 aromatic heterocycles. The van der Waals surface area contributed by atoms with Crippen molar-refractivity contribution in [2.45, 2.75) is 58.3 Å². The minimum Gasteiger partial charge on any atom is -0.497 e. The number of ether oxygens (including phenoxy) is 1. The fourth-order valence-corrected chi connectivity index (χ4v) is 5.54. The number of carbonyl (C=O) groups excluding carboxylic acids is 2. The smallest absolute Gasteiger partial charge is 0.334 e. The standard InChI is InChI=1S/C22H27NO4/c1-4-20(24)27-23-19-12-18-17-7-5-13-11-14(26-3)6-8-15(13)16(17)9-10-22(18,2)21(19)25/h6,8,11,16-18H,4-5,7,9-10,12H2,1-3H3/b23-19+/t16-,17-,18+,22+/m1/s1. The van der Waals surface area contributed by atoms with Gasteiger partial charge in [0.05, 0.1) is 7.11 Å². The van der Waals surface area contributed by atoms with Crippen LogP contribution in [0, 0.1) is 17.3 Å². The van der Waals surface area contributed by atoms with E-state index in [9.17, 15) is 9.59 Å². The van der Waals surface area contributed by atoms with Gasteiger partial charge in [-0.15, -0.1) is 0 Å². The summed E-state index contributed by atoms with van der Waals surface area (Å²) < 4.78 is 5.38. The van der Waals surface area contributed by atoms with Crippen molar-refractivity contribution >= 4 is 17.5 Å². The Morgan fingerprint density at radius 1 is 1.33 bits per heavy atom. The zero-order valence-electron chi connectivity index (χ0n) is 16.3. The van der Waals surface area contributed by atoms with E-state index in [4.69, 9.17) is 9.57 Å². The third kappa shape index (κ3) is 2.88. The van der Waals surface area contributed by atoms with Crippen molar-refractivity contribution in [3.05, 3.63) is 29.3 Å². The number of carbonyl (C=O) groups is 2. The Balaban J connectivity index is 1.62. The summed E-state index contributed by atoms with van der Waals surface area (Å²) in [6.45, 7) is 3.81. The predicted octanol–water partition coefficient (Wildman–Crippen LogP) is 4.04. The maximum atomic E-state index is 13.0. The van der Waals surface area contributed by atoms with Crippen LogP contribution in [-0.2, 0) is 20.8 Å². The number of rotatable bonds is 3. The number of ketones is 1. The largest absolute Gasteiger partial charge is 0.497 e. The average Bonchev–Trinajstić information content (AvgIpc) is 2.96. The Hall–Kier alpha value is -2.17. The molecule has 0 unspecified atom stereocenters. The molecule has 4 rings (SSSR count). The van der Waals surface area contributed by atoms with E-state index in [1.807, 2.05) is 6.07 Å². The highest BCUT2D eigenvalue weighted by Crippen LogP contribution is 2.59. The lowest BCUT2D eigenvalue weighted by molar-refractivity contribution is -0.143. The number of methoxy groups -OCH3 is 1. The third-order valence-electron chi connectivity index (χ3n) is 7.06. The Morgan fingerprint density at radius 3 is 2.89 bits per heavy atom. The SMILES string of the molecule is CCC(=O)O/N=C1\C[C@H]2[C@@H]3CCc4cc(OC)ccc4[C@H]3CC[C@]2(C)C1=O. The molecule has 5 nitrogen and oxygen atoms in total. The molecule has 0 heterocycles. The minimum absolute atomic E-state index is 0.0791. The van der Waals surface area contributed by atoms with E-state index in [2.05, 4.69) is 24.2 Å². The van der Waals surface area contributed by atoms with Crippen molar-refractivity contribution < 1.29 is 19.2 Å². The molecular weight excluding hydrogens is 342 g/mol. The van der Waals surface area contributed by atoms with Crippen LogP contribution in [0.1, 0.15) is 63.0 Å². The summed E-state index contributed by atoms with van der Waals surface area (Å²) in [5.41, 5.74) is 2.88. The molecule has 2 saturated carbocycles. The molecule has 0 bridgehead atoms. The van der Waals surface area contributed by atoms with Gasteiger partial charge in [0.1, 0.15) is 11.5 Å². The van der Waals surface area contributed by atoms with Crippen LogP contribution in [0.2, 0.25) is 0 Å². The first-order valence-corrected chi connectivity index (χ1v) is 9.96. The van der Waals surface area contributed by atoms with Crippen molar-refractivity contribution in [1.29, 1.82) is 0 Å². The number of hydrogen-bond acceptors (Lipinski definition) is 5. The Bertz CT molecular complexity index is 815. The zero-order chi connectivity index (χ0) is 19.2. The molecule has 4 atom stereocenters. The lowest BCUT2D eigenvalue weighted by atomic mass is 9.55. The van der Waals surface area contributed by atoms with Gasteiger partial charge in [0, 0.05) is 18.3 Å². The summed E-state index contributed by atoms with van der Waals surface area (Å²) in [7, 11) is 1.70. The van der Waals surface area contributed by atoms with Gasteiger partial charge >= 0.3 is 5.97 Å². The van der Waals surface area contributed by atoms with Crippen LogP contribution in [0.3, 0.4) is 0 Å². The van der Waals surface area contributed by atoms with Crippen molar-refractivity contribution in [1.82, 2.24) is 0 Å². The number of aryl methyl sites for hydroxylation is 1. The number of hydrogen-bond donors (Lipinski definition) is 0. The van der Waals surface area contributed by atoms with Gasteiger partial charge in [-0.25, -0.2) is 4.79 Å². The second-order valence-electron chi connectivity index (χ2n) is 8.32. The second kappa shape index (κ2) is 6.77. The summed E-state index contributed by atoms with van der Waals surface area (Å²) in [5, 5.41) is 3.95. The molecule has 144 valence electrons. The van der Waals surface area contributed by atoms with Gasteiger partial charge in [-0.3, -0.25) is 4.79 Å². The second-order valence-corrected chi connectivity index (χ2v) is 8.32. The number of fused-ring (bicyclic) bond motifs is 5. The maximum absolute atomic E-state index is 13.0. The summed E-state index contributed by atoms with van der Waals surface area (Å²) in [5.74, 6) is 1.84. The van der Waals surface area contributed by atoms with Crippen molar-refractivity contribution in [2.75, 3.05) is 7.11 Å². The number of nitrogens with zero attached hydrogens (tertiary/aromatic N) is 1. The first-order valence-electron chi connectivity index (χ1n) is 9.96. The van der Waals surface area contributed by atoms with Crippen LogP contribution in [-0.4, -0.2) is 24.6 Å². The normalized spacial score (nSPS) is 33.2. The van der Waals surface area contributed by atoms with E-state index >= 15 is 0 Å². The Morgan fingerprint density at radius 2 is 2.15 bits per heavy atom. The van der Waals surface area contributed by atoms with Gasteiger partial charge < -0.3 is 9.57 Å². The minimum atomic E-state index is -0.395. The van der Waals surface area contributed by atoms with Gasteiger partial charge in [0.25, 0.3) is 0 Å². The highest BCUT2D eigenvalue weighted by Gasteiger charge is 2.57. The first-order chi connectivity index (χ1) is 13.0. The fraction of sp³-hybridized carbons (Fsp3) is 0.591. The summed E-state index contributed by atoms with van der Waals surface area (Å²) in [4.78, 5) is 29.4. The Kier molecular flexibility index (Phi) is 4.57. The predicted molar refractivity (Wildman–Crippen MR) is 102 cm³/mol. The van der Waals surface area contributed by atoms with Crippen LogP contribution in [0.4, 0.5) is 0 Å². The van der Waals surface area contributed by atoms with E-state index in [1.54, 1.807) is 14.0 Å². The van der Waals surface area contributed by atoms with E-state index in [0.717, 1.165) is 31.4 Å². The molecule has 0 aliphatic heterocycles. The van der Waals surface area contributed by atoms with E-state index in [1.165, 1.54) is 11.1 Å². The molecule has 27 heavy (non-hydrogen) atoms. The maximum Gasteiger partial charge on any atom is 0.334 e. The van der Waals surface area contributed by atoms with E-state index in [-0.39, 0.29) is 23.5 Å². The molecule has 2 fully saturated rings. The molecule has 0 amide bonds. The van der Waals surface area contributed by atoms with Crippen LogP contribution >= 0.6 is 0 Å². The van der Waals surface area contributed by atoms with Gasteiger partial charge in [-0.2, -0.15) is 0 Å². The molecule has 1 aromatic carbocycles. The lowest BCUT2D eigenvalue weighted by Gasteiger charge is -2.47. The molecular formula is C22H27NO4. The van der Waals surface area contributed by atoms with E-state index < -0.39 is 5.97 Å². The lowest BCUT2D eigenvalue weighted by Crippen LogP contribution is -2.42. The summed E-state index contributed by atoms with van der Waals surface area (Å²) in [6, 6.07) is 6.42. The number of benzene rings is 1. The van der Waals surface area contributed by atoms with Crippen molar-refractivity contribution in [3.63, 3.8) is 0 Å². The Labute approximate surface area is 160 Å². The molecule has 1 aromatic rings. The van der Waals surface area contributed by atoms with Crippen molar-refractivity contribution in [2.24, 2.45) is 22.4 Å². The third-order valence-corrected chi connectivity index (χ3v) is 7.06. The van der Waals surface area contributed by atoms with Gasteiger partial charge in [0.2, 0.25) is 0 Å². The quantitative estimate of drug-likeness (QED) is 0.596. The van der Waals surface area contributed by atoms with E-state index in [0.29, 0.717) is 24.0 Å². The number of Topliss-reactive ketones (excluding diaryl/α,β-unsaturated/α-hetero) is 1. The molecule has 0 N–H and O–H groups in total. The monoisotopic (exact) mass is 369 g/mol.